The summed E-state index contributed by atoms with van der Waals surface area (Å²) >= 11 is 0. The molecule has 0 aliphatic heterocycles. The first kappa shape index (κ1) is 16.1. The van der Waals surface area contributed by atoms with Crippen molar-refractivity contribution in [2.24, 2.45) is 0 Å². The fourth-order valence-corrected chi connectivity index (χ4v) is 2.08. The zero-order valence-corrected chi connectivity index (χ0v) is 12.6. The summed E-state index contributed by atoms with van der Waals surface area (Å²) in [6.45, 7) is 2.43. The van der Waals surface area contributed by atoms with E-state index in [1.165, 1.54) is 36.4 Å². The molecule has 0 aliphatic carbocycles. The Morgan fingerprint density at radius 1 is 1.05 bits per heavy atom. The van der Waals surface area contributed by atoms with Gasteiger partial charge in [-0.15, -0.1) is 0 Å². The van der Waals surface area contributed by atoms with Gasteiger partial charge in [-0.25, -0.2) is 8.78 Å². The van der Waals surface area contributed by atoms with E-state index in [4.69, 9.17) is 0 Å². The van der Waals surface area contributed by atoms with Crippen LogP contribution in [0.1, 0.15) is 12.5 Å². The van der Waals surface area contributed by atoms with Crippen molar-refractivity contribution in [1.29, 1.82) is 0 Å². The number of carbonyl (C=O) groups excluding carboxylic acids is 1. The first-order valence-electron chi connectivity index (χ1n) is 7.09. The molecule has 2 atom stereocenters. The summed E-state index contributed by atoms with van der Waals surface area (Å²) in [4.78, 5) is 13.2. The SMILES string of the molecule is C[C@H](C(=O)Nc1ccc(F)cc1)[NH+](C)Cc1ccc(F)cc1. The summed E-state index contributed by atoms with van der Waals surface area (Å²) in [5.41, 5.74) is 1.52. The molecule has 2 N–H and O–H groups in total. The molecule has 0 aromatic heterocycles. The van der Waals surface area contributed by atoms with E-state index in [9.17, 15) is 13.6 Å². The van der Waals surface area contributed by atoms with Gasteiger partial charge in [-0.05, 0) is 43.3 Å². The molecule has 0 spiro atoms. The standard InChI is InChI=1S/C17H18F2N2O/c1-12(17(22)20-16-9-7-15(19)8-10-16)21(2)11-13-3-5-14(18)6-4-13/h3-10,12H,11H2,1-2H3,(H,20,22)/p+1/t12-/m1/s1. The van der Waals surface area contributed by atoms with E-state index >= 15 is 0 Å². The Kier molecular flexibility index (Phi) is 5.22. The largest absolute Gasteiger partial charge is 0.324 e. The fourth-order valence-electron chi connectivity index (χ4n) is 2.08. The molecule has 5 heteroatoms. The Bertz CT molecular complexity index is 626. The maximum absolute atomic E-state index is 12.9. The average molecular weight is 305 g/mol. The molecule has 22 heavy (non-hydrogen) atoms. The molecule has 1 amide bonds. The maximum atomic E-state index is 12.9. The lowest BCUT2D eigenvalue weighted by Gasteiger charge is -2.21. The number of likely N-dealkylation sites (N-methyl/N-ethyl adjacent to an activating group) is 1. The van der Waals surface area contributed by atoms with Crippen molar-refractivity contribution >= 4 is 11.6 Å². The number of halogens is 2. The highest BCUT2D eigenvalue weighted by Crippen LogP contribution is 2.08. The highest BCUT2D eigenvalue weighted by Gasteiger charge is 2.22. The summed E-state index contributed by atoms with van der Waals surface area (Å²) in [5.74, 6) is -0.764. The van der Waals surface area contributed by atoms with Crippen molar-refractivity contribution < 1.29 is 18.5 Å². The van der Waals surface area contributed by atoms with Crippen molar-refractivity contribution in [1.82, 2.24) is 0 Å². The van der Waals surface area contributed by atoms with Gasteiger partial charge in [0.1, 0.15) is 18.2 Å². The smallest absolute Gasteiger partial charge is 0.282 e. The van der Waals surface area contributed by atoms with Crippen LogP contribution in [0.5, 0.6) is 0 Å². The number of hydrogen-bond donors (Lipinski definition) is 2. The molecule has 0 saturated heterocycles. The van der Waals surface area contributed by atoms with E-state index in [1.54, 1.807) is 12.1 Å². The topological polar surface area (TPSA) is 33.5 Å². The molecule has 0 fully saturated rings. The van der Waals surface area contributed by atoms with Gasteiger partial charge < -0.3 is 10.2 Å². The lowest BCUT2D eigenvalue weighted by Crippen LogP contribution is -3.12. The molecule has 0 heterocycles. The van der Waals surface area contributed by atoms with Crippen LogP contribution in [-0.4, -0.2) is 19.0 Å². The van der Waals surface area contributed by atoms with Gasteiger partial charge in [0, 0.05) is 11.3 Å². The van der Waals surface area contributed by atoms with Crippen molar-refractivity contribution in [3.05, 3.63) is 65.7 Å². The number of quaternary nitrogens is 1. The molecule has 3 nitrogen and oxygen atoms in total. The van der Waals surface area contributed by atoms with Crippen LogP contribution in [0.15, 0.2) is 48.5 Å². The third kappa shape index (κ3) is 4.36. The van der Waals surface area contributed by atoms with Crippen molar-refractivity contribution in [2.45, 2.75) is 19.5 Å². The van der Waals surface area contributed by atoms with Crippen LogP contribution in [0.25, 0.3) is 0 Å². The van der Waals surface area contributed by atoms with Crippen LogP contribution in [0.3, 0.4) is 0 Å². The van der Waals surface area contributed by atoms with E-state index in [-0.39, 0.29) is 23.6 Å². The summed E-state index contributed by atoms with van der Waals surface area (Å²) in [7, 11) is 1.90. The van der Waals surface area contributed by atoms with E-state index in [0.29, 0.717) is 12.2 Å². The highest BCUT2D eigenvalue weighted by molar-refractivity contribution is 5.93. The Balaban J connectivity index is 1.94. The first-order valence-corrected chi connectivity index (χ1v) is 7.09. The van der Waals surface area contributed by atoms with Gasteiger partial charge in [-0.2, -0.15) is 0 Å². The summed E-state index contributed by atoms with van der Waals surface area (Å²) in [6, 6.07) is 11.6. The van der Waals surface area contributed by atoms with Gasteiger partial charge in [0.25, 0.3) is 5.91 Å². The van der Waals surface area contributed by atoms with Crippen molar-refractivity contribution in [3.8, 4) is 0 Å². The monoisotopic (exact) mass is 305 g/mol. The predicted molar refractivity (Wildman–Crippen MR) is 81.5 cm³/mol. The van der Waals surface area contributed by atoms with E-state index in [0.717, 1.165) is 10.5 Å². The molecule has 2 aromatic rings. The van der Waals surface area contributed by atoms with Gasteiger partial charge in [0.2, 0.25) is 0 Å². The third-order valence-corrected chi connectivity index (χ3v) is 3.64. The Morgan fingerprint density at radius 2 is 1.55 bits per heavy atom. The Hall–Kier alpha value is -2.27. The second kappa shape index (κ2) is 7.13. The van der Waals surface area contributed by atoms with Crippen LogP contribution < -0.4 is 10.2 Å². The average Bonchev–Trinajstić information content (AvgIpc) is 2.51. The molecule has 2 aromatic carbocycles. The van der Waals surface area contributed by atoms with Crippen LogP contribution in [0, 0.1) is 11.6 Å². The predicted octanol–water partition coefficient (Wildman–Crippen LogP) is 2.01. The van der Waals surface area contributed by atoms with Gasteiger partial charge in [0.15, 0.2) is 6.04 Å². The lowest BCUT2D eigenvalue weighted by atomic mass is 10.2. The highest BCUT2D eigenvalue weighted by atomic mass is 19.1. The summed E-state index contributed by atoms with van der Waals surface area (Å²) in [6.07, 6.45) is 0. The fraction of sp³-hybridized carbons (Fsp3) is 0.235. The van der Waals surface area contributed by atoms with E-state index < -0.39 is 0 Å². The van der Waals surface area contributed by atoms with Crippen molar-refractivity contribution in [2.75, 3.05) is 12.4 Å². The minimum absolute atomic E-state index is 0.147. The molecular formula is C17H19F2N2O+. The first-order chi connectivity index (χ1) is 10.5. The van der Waals surface area contributed by atoms with Crippen LogP contribution in [0.4, 0.5) is 14.5 Å². The Morgan fingerprint density at radius 3 is 2.09 bits per heavy atom. The number of carbonyl (C=O) groups is 1. The quantitative estimate of drug-likeness (QED) is 0.870. The van der Waals surface area contributed by atoms with Gasteiger partial charge in [0.05, 0.1) is 7.05 Å². The molecule has 1 unspecified atom stereocenters. The second-order valence-corrected chi connectivity index (χ2v) is 5.37. The molecule has 0 radical (unpaired) electrons. The number of benzene rings is 2. The molecular weight excluding hydrogens is 286 g/mol. The second-order valence-electron chi connectivity index (χ2n) is 5.37. The number of rotatable bonds is 5. The van der Waals surface area contributed by atoms with E-state index in [2.05, 4.69) is 5.32 Å². The zero-order valence-electron chi connectivity index (χ0n) is 12.6. The van der Waals surface area contributed by atoms with Crippen LogP contribution in [0.2, 0.25) is 0 Å². The minimum Gasteiger partial charge on any atom is -0.324 e. The minimum atomic E-state index is -0.342. The molecule has 0 bridgehead atoms. The molecule has 2 rings (SSSR count). The number of anilines is 1. The van der Waals surface area contributed by atoms with Gasteiger partial charge in [-0.3, -0.25) is 4.79 Å². The van der Waals surface area contributed by atoms with Crippen LogP contribution >= 0.6 is 0 Å². The molecule has 0 aliphatic rings. The normalized spacial score (nSPS) is 13.5. The van der Waals surface area contributed by atoms with Crippen LogP contribution in [-0.2, 0) is 11.3 Å². The van der Waals surface area contributed by atoms with Gasteiger partial charge in [-0.1, -0.05) is 12.1 Å². The number of hydrogen-bond acceptors (Lipinski definition) is 1. The third-order valence-electron chi connectivity index (χ3n) is 3.64. The Labute approximate surface area is 128 Å². The summed E-state index contributed by atoms with van der Waals surface area (Å²) in [5, 5.41) is 2.76. The maximum Gasteiger partial charge on any atom is 0.282 e. The lowest BCUT2D eigenvalue weighted by molar-refractivity contribution is -0.907. The molecule has 116 valence electrons. The van der Waals surface area contributed by atoms with Crippen molar-refractivity contribution in [3.63, 3.8) is 0 Å². The van der Waals surface area contributed by atoms with E-state index in [1.807, 2.05) is 14.0 Å². The zero-order chi connectivity index (χ0) is 16.1. The molecule has 0 saturated carbocycles. The number of amides is 1. The number of nitrogens with one attached hydrogen (secondary N) is 2. The van der Waals surface area contributed by atoms with Gasteiger partial charge >= 0.3 is 0 Å². The summed E-state index contributed by atoms with van der Waals surface area (Å²) < 4.78 is 25.7.